The molecule has 3 aromatic rings. The summed E-state index contributed by atoms with van der Waals surface area (Å²) in [7, 11) is 0. The molecule has 2 N–H and O–H groups in total. The zero-order chi connectivity index (χ0) is 21.8. The third-order valence-corrected chi connectivity index (χ3v) is 5.26. The number of nitrogens with zero attached hydrogens (tertiary/aromatic N) is 1. The molecule has 1 atom stereocenters. The fraction of sp³-hybridized carbons (Fsp3) is 0.227. The minimum absolute atomic E-state index is 0.319. The summed E-state index contributed by atoms with van der Waals surface area (Å²) in [6, 6.07) is 9.98. The molecule has 0 saturated carbocycles. The molecule has 156 valence electrons. The zero-order valence-corrected chi connectivity index (χ0v) is 17.5. The van der Waals surface area contributed by atoms with Gasteiger partial charge in [0.15, 0.2) is 5.13 Å². The smallest absolute Gasteiger partial charge is 0.257 e. The van der Waals surface area contributed by atoms with Crippen molar-refractivity contribution in [1.82, 2.24) is 10.3 Å². The van der Waals surface area contributed by atoms with Gasteiger partial charge in [0, 0.05) is 10.9 Å². The third kappa shape index (κ3) is 4.88. The number of nitrogens with one attached hydrogen (secondary N) is 2. The van der Waals surface area contributed by atoms with Crippen molar-refractivity contribution in [2.24, 2.45) is 5.92 Å². The average Bonchev–Trinajstić information content (AvgIpc) is 3.14. The summed E-state index contributed by atoms with van der Waals surface area (Å²) < 4.78 is 27.8. The van der Waals surface area contributed by atoms with E-state index in [9.17, 15) is 18.4 Å². The number of amides is 2. The molecule has 0 bridgehead atoms. The lowest BCUT2D eigenvalue weighted by molar-refractivity contribution is -0.118. The van der Waals surface area contributed by atoms with Crippen LogP contribution >= 0.6 is 11.3 Å². The van der Waals surface area contributed by atoms with Gasteiger partial charge in [0.2, 0.25) is 5.91 Å². The summed E-state index contributed by atoms with van der Waals surface area (Å²) in [5.41, 5.74) is 2.05. The number of benzene rings is 2. The van der Waals surface area contributed by atoms with E-state index in [4.69, 9.17) is 0 Å². The van der Waals surface area contributed by atoms with Crippen molar-refractivity contribution in [2.45, 2.75) is 26.8 Å². The highest BCUT2D eigenvalue weighted by atomic mass is 32.1. The molecule has 0 aliphatic rings. The van der Waals surface area contributed by atoms with Gasteiger partial charge in [-0.25, -0.2) is 13.8 Å². The molecule has 1 aromatic heterocycles. The second-order valence-corrected chi connectivity index (χ2v) is 8.04. The lowest BCUT2D eigenvalue weighted by Crippen LogP contribution is -2.47. The van der Waals surface area contributed by atoms with Gasteiger partial charge in [-0.15, -0.1) is 11.3 Å². The van der Waals surface area contributed by atoms with Gasteiger partial charge in [0.25, 0.3) is 5.91 Å². The van der Waals surface area contributed by atoms with Crippen LogP contribution in [0, 0.1) is 24.5 Å². The van der Waals surface area contributed by atoms with Crippen LogP contribution in [0.1, 0.15) is 29.8 Å². The first-order chi connectivity index (χ1) is 14.3. The molecule has 0 saturated heterocycles. The van der Waals surface area contributed by atoms with Crippen LogP contribution < -0.4 is 10.6 Å². The Hall–Kier alpha value is -3.13. The predicted octanol–water partition coefficient (Wildman–Crippen LogP) is 4.79. The van der Waals surface area contributed by atoms with Crippen LogP contribution in [-0.2, 0) is 4.79 Å². The molecule has 8 heteroatoms. The van der Waals surface area contributed by atoms with Crippen LogP contribution in [-0.4, -0.2) is 22.8 Å². The maximum atomic E-state index is 13.9. The summed E-state index contributed by atoms with van der Waals surface area (Å²) in [6.45, 7) is 5.44. The maximum absolute atomic E-state index is 13.9. The highest BCUT2D eigenvalue weighted by Gasteiger charge is 2.28. The number of carbonyl (C=O) groups excluding carboxylic acids is 2. The predicted molar refractivity (Wildman–Crippen MR) is 113 cm³/mol. The van der Waals surface area contributed by atoms with Gasteiger partial charge >= 0.3 is 0 Å². The molecular weight excluding hydrogens is 408 g/mol. The SMILES string of the molecule is Cc1ccc(-c2csc(NC(=O)C(NC(=O)c3c(F)cccc3F)C(C)C)n2)cc1. The quantitative estimate of drug-likeness (QED) is 0.592. The summed E-state index contributed by atoms with van der Waals surface area (Å²) in [5.74, 6) is -3.80. The molecule has 3 rings (SSSR count). The number of carbonyl (C=O) groups is 2. The fourth-order valence-corrected chi connectivity index (χ4v) is 3.56. The van der Waals surface area contributed by atoms with Gasteiger partial charge in [-0.05, 0) is 25.0 Å². The highest BCUT2D eigenvalue weighted by Crippen LogP contribution is 2.25. The van der Waals surface area contributed by atoms with Crippen molar-refractivity contribution in [2.75, 3.05) is 5.32 Å². The van der Waals surface area contributed by atoms with Gasteiger partial charge < -0.3 is 10.6 Å². The van der Waals surface area contributed by atoms with Crippen LogP contribution in [0.4, 0.5) is 13.9 Å². The van der Waals surface area contributed by atoms with Gasteiger partial charge in [0.1, 0.15) is 23.2 Å². The van der Waals surface area contributed by atoms with Crippen molar-refractivity contribution in [3.8, 4) is 11.3 Å². The number of thiazole rings is 1. The van der Waals surface area contributed by atoms with Crippen molar-refractivity contribution < 1.29 is 18.4 Å². The molecular formula is C22H21F2N3O2S. The van der Waals surface area contributed by atoms with Gasteiger partial charge in [-0.3, -0.25) is 9.59 Å². The van der Waals surface area contributed by atoms with Crippen molar-refractivity contribution in [3.05, 3.63) is 70.6 Å². The maximum Gasteiger partial charge on any atom is 0.257 e. The molecule has 1 unspecified atom stereocenters. The Morgan fingerprint density at radius 3 is 2.27 bits per heavy atom. The topological polar surface area (TPSA) is 71.1 Å². The monoisotopic (exact) mass is 429 g/mol. The average molecular weight is 429 g/mol. The van der Waals surface area contributed by atoms with Gasteiger partial charge in [-0.1, -0.05) is 49.7 Å². The van der Waals surface area contributed by atoms with Crippen LogP contribution in [0.3, 0.4) is 0 Å². The van der Waals surface area contributed by atoms with Crippen LogP contribution in [0.25, 0.3) is 11.3 Å². The number of anilines is 1. The molecule has 5 nitrogen and oxygen atoms in total. The van der Waals surface area contributed by atoms with E-state index in [1.807, 2.05) is 36.6 Å². The largest absolute Gasteiger partial charge is 0.340 e. The minimum Gasteiger partial charge on any atom is -0.340 e. The van der Waals surface area contributed by atoms with E-state index >= 15 is 0 Å². The lowest BCUT2D eigenvalue weighted by Gasteiger charge is -2.21. The number of rotatable bonds is 6. The molecule has 0 aliphatic heterocycles. The van der Waals surface area contributed by atoms with Gasteiger partial charge in [0.05, 0.1) is 5.69 Å². The zero-order valence-electron chi connectivity index (χ0n) is 16.7. The van der Waals surface area contributed by atoms with E-state index in [1.165, 1.54) is 17.4 Å². The minimum atomic E-state index is -0.997. The number of hydrogen-bond acceptors (Lipinski definition) is 4. The first kappa shape index (κ1) is 21.6. The normalized spacial score (nSPS) is 11.9. The van der Waals surface area contributed by atoms with Crippen LogP contribution in [0.2, 0.25) is 0 Å². The second kappa shape index (κ2) is 9.13. The Balaban J connectivity index is 1.73. The van der Waals surface area contributed by atoms with Gasteiger partial charge in [-0.2, -0.15) is 0 Å². The molecule has 0 spiro atoms. The molecule has 2 amide bonds. The van der Waals surface area contributed by atoms with E-state index < -0.39 is 35.1 Å². The standard InChI is InChI=1S/C22H21F2N3O2S/c1-12(2)19(26-20(28)18-15(23)5-4-6-16(18)24)21(29)27-22-25-17(11-30-22)14-9-7-13(3)8-10-14/h4-12,19H,1-3H3,(H,26,28)(H,25,27,29). The van der Waals surface area contributed by atoms with E-state index in [0.29, 0.717) is 10.8 Å². The van der Waals surface area contributed by atoms with Crippen molar-refractivity contribution in [1.29, 1.82) is 0 Å². The van der Waals surface area contributed by atoms with E-state index in [2.05, 4.69) is 15.6 Å². The molecule has 2 aromatic carbocycles. The number of aryl methyl sites for hydroxylation is 1. The number of halogens is 2. The Morgan fingerprint density at radius 1 is 1.03 bits per heavy atom. The summed E-state index contributed by atoms with van der Waals surface area (Å²) >= 11 is 1.25. The first-order valence-electron chi connectivity index (χ1n) is 9.34. The van der Waals surface area contributed by atoms with E-state index in [0.717, 1.165) is 23.3 Å². The Bertz CT molecular complexity index is 1040. The summed E-state index contributed by atoms with van der Waals surface area (Å²) in [4.78, 5) is 29.5. The Morgan fingerprint density at radius 2 is 1.67 bits per heavy atom. The van der Waals surface area contributed by atoms with Crippen molar-refractivity contribution in [3.63, 3.8) is 0 Å². The highest BCUT2D eigenvalue weighted by molar-refractivity contribution is 7.14. The molecule has 0 fully saturated rings. The van der Waals surface area contributed by atoms with E-state index in [1.54, 1.807) is 13.8 Å². The van der Waals surface area contributed by atoms with Crippen molar-refractivity contribution >= 4 is 28.3 Å². The van der Waals surface area contributed by atoms with E-state index in [-0.39, 0.29) is 5.92 Å². The van der Waals surface area contributed by atoms with Crippen LogP contribution in [0.15, 0.2) is 47.8 Å². The number of hydrogen-bond donors (Lipinski definition) is 2. The fourth-order valence-electron chi connectivity index (χ4n) is 2.83. The lowest BCUT2D eigenvalue weighted by atomic mass is 10.0. The van der Waals surface area contributed by atoms with Crippen LogP contribution in [0.5, 0.6) is 0 Å². The molecule has 1 heterocycles. The third-order valence-electron chi connectivity index (χ3n) is 4.51. The molecule has 0 aliphatic carbocycles. The Labute approximate surface area is 177 Å². The molecule has 0 radical (unpaired) electrons. The Kier molecular flexibility index (Phi) is 6.56. The second-order valence-electron chi connectivity index (χ2n) is 7.18. The molecule has 30 heavy (non-hydrogen) atoms. The summed E-state index contributed by atoms with van der Waals surface area (Å²) in [5, 5.41) is 7.29. The first-order valence-corrected chi connectivity index (χ1v) is 10.2. The summed E-state index contributed by atoms with van der Waals surface area (Å²) in [6.07, 6.45) is 0. The number of aromatic nitrogens is 1.